The molecule has 0 bridgehead atoms. The average Bonchev–Trinajstić information content (AvgIpc) is 2.43. The maximum absolute atomic E-state index is 11.5. The van der Waals surface area contributed by atoms with Gasteiger partial charge in [0.05, 0.1) is 24.8 Å². The highest BCUT2D eigenvalue weighted by Crippen LogP contribution is 2.36. The first-order valence-corrected chi connectivity index (χ1v) is 7.00. The molecule has 1 amide bonds. The van der Waals surface area contributed by atoms with Gasteiger partial charge in [-0.3, -0.25) is 4.79 Å². The van der Waals surface area contributed by atoms with E-state index >= 15 is 0 Å². The minimum atomic E-state index is -0.581. The second-order valence-electron chi connectivity index (χ2n) is 4.39. The maximum Gasteiger partial charge on any atom is 0.244 e. The van der Waals surface area contributed by atoms with Gasteiger partial charge in [-0.25, -0.2) is 0 Å². The molecular weight excluding hydrogens is 294 g/mol. The smallest absolute Gasteiger partial charge is 0.244 e. The molecule has 1 aromatic carbocycles. The van der Waals surface area contributed by atoms with Crippen LogP contribution in [-0.2, 0) is 4.79 Å². The van der Waals surface area contributed by atoms with Crippen LogP contribution in [0.4, 0.5) is 0 Å². The Labute approximate surface area is 129 Å². The van der Waals surface area contributed by atoms with E-state index in [2.05, 4.69) is 5.32 Å². The van der Waals surface area contributed by atoms with Crippen LogP contribution in [0.5, 0.6) is 11.5 Å². The van der Waals surface area contributed by atoms with Gasteiger partial charge in [-0.05, 0) is 37.6 Å². The number of benzene rings is 1. The van der Waals surface area contributed by atoms with E-state index in [-0.39, 0.29) is 12.5 Å². The molecule has 0 aliphatic carbocycles. The first-order valence-electron chi connectivity index (χ1n) is 6.62. The van der Waals surface area contributed by atoms with Gasteiger partial charge in [-0.2, -0.15) is 0 Å². The van der Waals surface area contributed by atoms with E-state index in [1.165, 1.54) is 13.2 Å². The van der Waals surface area contributed by atoms with Gasteiger partial charge in [-0.15, -0.1) is 0 Å². The molecule has 0 aliphatic heterocycles. The van der Waals surface area contributed by atoms with Crippen molar-refractivity contribution in [3.8, 4) is 11.5 Å². The van der Waals surface area contributed by atoms with Crippen molar-refractivity contribution in [2.45, 2.75) is 20.0 Å². The van der Waals surface area contributed by atoms with Gasteiger partial charge in [0.25, 0.3) is 0 Å². The lowest BCUT2D eigenvalue weighted by Crippen LogP contribution is -2.28. The molecule has 0 aromatic heterocycles. The number of nitrogens with one attached hydrogen (secondary N) is 1. The molecule has 1 rings (SSSR count). The minimum Gasteiger partial charge on any atom is -0.491 e. The summed E-state index contributed by atoms with van der Waals surface area (Å²) in [6.45, 7) is 4.15. The second kappa shape index (κ2) is 8.54. The van der Waals surface area contributed by atoms with Crippen LogP contribution in [0, 0.1) is 0 Å². The molecule has 5 nitrogen and oxygen atoms in total. The van der Waals surface area contributed by atoms with Gasteiger partial charge in [0.1, 0.15) is 0 Å². The SMILES string of the molecule is CCOc1cc(/C=C/C(=O)NCC(C)O)cc(Cl)c1OC. The van der Waals surface area contributed by atoms with Crippen LogP contribution in [-0.4, -0.2) is 37.4 Å². The largest absolute Gasteiger partial charge is 0.491 e. The van der Waals surface area contributed by atoms with Crippen LogP contribution < -0.4 is 14.8 Å². The molecule has 1 aromatic rings. The summed E-state index contributed by atoms with van der Waals surface area (Å²) in [7, 11) is 1.52. The Bertz CT molecular complexity index is 515. The Morgan fingerprint density at radius 3 is 2.81 bits per heavy atom. The number of carbonyl (C=O) groups excluding carboxylic acids is 1. The summed E-state index contributed by atoms with van der Waals surface area (Å²) in [5.74, 6) is 0.701. The van der Waals surface area contributed by atoms with E-state index < -0.39 is 6.10 Å². The zero-order valence-electron chi connectivity index (χ0n) is 12.4. The van der Waals surface area contributed by atoms with Gasteiger partial charge in [0.15, 0.2) is 11.5 Å². The second-order valence-corrected chi connectivity index (χ2v) is 4.80. The Balaban J connectivity index is 2.86. The van der Waals surface area contributed by atoms with Crippen molar-refractivity contribution in [1.82, 2.24) is 5.32 Å². The lowest BCUT2D eigenvalue weighted by molar-refractivity contribution is -0.116. The molecule has 6 heteroatoms. The number of aliphatic hydroxyl groups excluding tert-OH is 1. The molecule has 0 saturated heterocycles. The highest BCUT2D eigenvalue weighted by molar-refractivity contribution is 6.32. The Kier molecular flexibility index (Phi) is 7.05. The van der Waals surface area contributed by atoms with Crippen LogP contribution in [0.2, 0.25) is 5.02 Å². The minimum absolute atomic E-state index is 0.205. The van der Waals surface area contributed by atoms with Crippen LogP contribution in [0.1, 0.15) is 19.4 Å². The van der Waals surface area contributed by atoms with Crippen molar-refractivity contribution in [2.24, 2.45) is 0 Å². The summed E-state index contributed by atoms with van der Waals surface area (Å²) in [5, 5.41) is 12.1. The van der Waals surface area contributed by atoms with E-state index in [1.807, 2.05) is 6.92 Å². The number of hydrogen-bond donors (Lipinski definition) is 2. The van der Waals surface area contributed by atoms with E-state index in [0.29, 0.717) is 23.1 Å². The summed E-state index contributed by atoms with van der Waals surface area (Å²) >= 11 is 6.12. The van der Waals surface area contributed by atoms with Crippen molar-refractivity contribution in [3.63, 3.8) is 0 Å². The number of ether oxygens (including phenoxy) is 2. The number of halogens is 1. The summed E-state index contributed by atoms with van der Waals surface area (Å²) in [6, 6.07) is 3.42. The third kappa shape index (κ3) is 5.65. The van der Waals surface area contributed by atoms with Crippen molar-refractivity contribution >= 4 is 23.6 Å². The molecule has 1 atom stereocenters. The maximum atomic E-state index is 11.5. The first-order chi connectivity index (χ1) is 9.97. The lowest BCUT2D eigenvalue weighted by atomic mass is 10.2. The number of aliphatic hydroxyl groups is 1. The normalized spacial score (nSPS) is 12.2. The number of carbonyl (C=O) groups is 1. The standard InChI is InChI=1S/C15H20ClNO4/c1-4-21-13-8-11(7-12(16)15(13)20-3)5-6-14(19)17-9-10(2)18/h5-8,10,18H,4,9H2,1-3H3,(H,17,19)/b6-5+. The molecule has 0 saturated carbocycles. The average molecular weight is 314 g/mol. The summed E-state index contributed by atoms with van der Waals surface area (Å²) in [5.41, 5.74) is 0.719. The van der Waals surface area contributed by atoms with Gasteiger partial charge in [-0.1, -0.05) is 11.6 Å². The third-order valence-corrected chi connectivity index (χ3v) is 2.82. The highest BCUT2D eigenvalue weighted by atomic mass is 35.5. The van der Waals surface area contributed by atoms with Gasteiger partial charge in [0, 0.05) is 12.6 Å². The van der Waals surface area contributed by atoms with Crippen LogP contribution in [0.3, 0.4) is 0 Å². The zero-order valence-corrected chi connectivity index (χ0v) is 13.1. The predicted molar refractivity (Wildman–Crippen MR) is 82.9 cm³/mol. The molecule has 2 N–H and O–H groups in total. The molecule has 0 fully saturated rings. The quantitative estimate of drug-likeness (QED) is 0.758. The number of hydrogen-bond acceptors (Lipinski definition) is 4. The molecular formula is C15H20ClNO4. The zero-order chi connectivity index (χ0) is 15.8. The number of amides is 1. The molecule has 1 unspecified atom stereocenters. The molecule has 21 heavy (non-hydrogen) atoms. The Morgan fingerprint density at radius 1 is 1.52 bits per heavy atom. The summed E-state index contributed by atoms with van der Waals surface area (Å²) < 4.78 is 10.6. The van der Waals surface area contributed by atoms with Crippen LogP contribution in [0.15, 0.2) is 18.2 Å². The third-order valence-electron chi connectivity index (χ3n) is 2.53. The van der Waals surface area contributed by atoms with E-state index in [1.54, 1.807) is 25.1 Å². The fourth-order valence-electron chi connectivity index (χ4n) is 1.62. The molecule has 0 aliphatic rings. The fourth-order valence-corrected chi connectivity index (χ4v) is 1.92. The number of methoxy groups -OCH3 is 1. The van der Waals surface area contributed by atoms with Crippen molar-refractivity contribution in [3.05, 3.63) is 28.8 Å². The van der Waals surface area contributed by atoms with Crippen LogP contribution >= 0.6 is 11.6 Å². The molecule has 0 heterocycles. The summed E-state index contributed by atoms with van der Waals surface area (Å²) in [4.78, 5) is 11.5. The summed E-state index contributed by atoms with van der Waals surface area (Å²) in [6.07, 6.45) is 2.41. The van der Waals surface area contributed by atoms with E-state index in [9.17, 15) is 4.79 Å². The van der Waals surface area contributed by atoms with E-state index in [0.717, 1.165) is 5.56 Å². The van der Waals surface area contributed by atoms with Gasteiger partial charge < -0.3 is 19.9 Å². The molecule has 0 spiro atoms. The topological polar surface area (TPSA) is 67.8 Å². The Hall–Kier alpha value is -1.72. The molecule has 0 radical (unpaired) electrons. The Morgan fingerprint density at radius 2 is 2.24 bits per heavy atom. The predicted octanol–water partition coefficient (Wildman–Crippen LogP) is 2.26. The van der Waals surface area contributed by atoms with Crippen molar-refractivity contribution in [2.75, 3.05) is 20.3 Å². The van der Waals surface area contributed by atoms with E-state index in [4.69, 9.17) is 26.2 Å². The highest BCUT2D eigenvalue weighted by Gasteiger charge is 2.10. The number of rotatable bonds is 7. The molecule has 116 valence electrons. The van der Waals surface area contributed by atoms with Crippen LogP contribution in [0.25, 0.3) is 6.08 Å². The lowest BCUT2D eigenvalue weighted by Gasteiger charge is -2.11. The monoisotopic (exact) mass is 313 g/mol. The van der Waals surface area contributed by atoms with Gasteiger partial charge >= 0.3 is 0 Å². The van der Waals surface area contributed by atoms with Crippen molar-refractivity contribution < 1.29 is 19.4 Å². The van der Waals surface area contributed by atoms with Gasteiger partial charge in [0.2, 0.25) is 5.91 Å². The first kappa shape index (κ1) is 17.3. The van der Waals surface area contributed by atoms with Crippen molar-refractivity contribution in [1.29, 1.82) is 0 Å². The fraction of sp³-hybridized carbons (Fsp3) is 0.400.